The average molecular weight is 250 g/mol. The highest BCUT2D eigenvalue weighted by molar-refractivity contribution is 5.45. The van der Waals surface area contributed by atoms with E-state index in [1.807, 2.05) is 20.0 Å². The molecule has 1 aromatic rings. The number of anilines is 1. The van der Waals surface area contributed by atoms with Crippen molar-refractivity contribution in [1.29, 1.82) is 0 Å². The van der Waals surface area contributed by atoms with Gasteiger partial charge in [0.2, 0.25) is 0 Å². The van der Waals surface area contributed by atoms with Crippen molar-refractivity contribution in [2.75, 3.05) is 18.0 Å². The molecule has 1 aliphatic rings. The van der Waals surface area contributed by atoms with Crippen LogP contribution in [-0.4, -0.2) is 29.3 Å². The Labute approximate surface area is 111 Å². The fraction of sp³-hybridized carbons (Fsp3) is 0.667. The van der Waals surface area contributed by atoms with E-state index in [1.165, 1.54) is 5.69 Å². The Morgan fingerprint density at radius 2 is 1.83 bits per heavy atom. The van der Waals surface area contributed by atoms with Gasteiger partial charge in [-0.05, 0) is 30.9 Å². The highest BCUT2D eigenvalue weighted by Gasteiger charge is 2.17. The van der Waals surface area contributed by atoms with Gasteiger partial charge in [-0.15, -0.1) is 0 Å². The molecule has 2 heterocycles. The van der Waals surface area contributed by atoms with Crippen LogP contribution < -0.4 is 4.90 Å². The van der Waals surface area contributed by atoms with Gasteiger partial charge in [0, 0.05) is 18.8 Å². The van der Waals surface area contributed by atoms with Crippen LogP contribution in [0.25, 0.3) is 0 Å². The summed E-state index contributed by atoms with van der Waals surface area (Å²) in [5, 5.41) is 9.45. The lowest BCUT2D eigenvalue weighted by atomic mass is 10.1. The summed E-state index contributed by atoms with van der Waals surface area (Å²) >= 11 is 0. The molecule has 0 aromatic carbocycles. The second-order valence-electron chi connectivity index (χ2n) is 4.81. The molecule has 0 bridgehead atoms. The molecule has 102 valence electrons. The van der Waals surface area contributed by atoms with Crippen LogP contribution in [0.1, 0.15) is 52.1 Å². The molecule has 1 saturated heterocycles. The molecule has 0 atom stereocenters. The molecular formula is C15H26N2O. The standard InChI is InChI=1S/C13H20N2O.C2H6/c1-10(2)13-4-3-11(9-14-13)15-7-5-12(16)6-8-15;1-2/h3-4,9-10,12,16H,5-8H2,1-2H3;1-2H3. The number of aliphatic hydroxyl groups is 1. The predicted molar refractivity (Wildman–Crippen MR) is 77.1 cm³/mol. The second-order valence-corrected chi connectivity index (χ2v) is 4.81. The highest BCUT2D eigenvalue weighted by Crippen LogP contribution is 2.21. The van der Waals surface area contributed by atoms with Gasteiger partial charge in [-0.3, -0.25) is 4.98 Å². The number of piperidine rings is 1. The van der Waals surface area contributed by atoms with E-state index in [0.717, 1.165) is 31.6 Å². The molecule has 0 radical (unpaired) electrons. The van der Waals surface area contributed by atoms with Crippen molar-refractivity contribution in [2.45, 2.75) is 52.6 Å². The monoisotopic (exact) mass is 250 g/mol. The van der Waals surface area contributed by atoms with Gasteiger partial charge in [0.15, 0.2) is 0 Å². The van der Waals surface area contributed by atoms with Gasteiger partial charge in [-0.25, -0.2) is 0 Å². The number of rotatable bonds is 2. The van der Waals surface area contributed by atoms with Crippen molar-refractivity contribution in [1.82, 2.24) is 4.98 Å². The fourth-order valence-electron chi connectivity index (χ4n) is 2.05. The molecule has 1 aliphatic heterocycles. The lowest BCUT2D eigenvalue weighted by Gasteiger charge is -2.31. The number of aromatic nitrogens is 1. The summed E-state index contributed by atoms with van der Waals surface area (Å²) in [5.41, 5.74) is 2.32. The molecule has 3 heteroatoms. The Morgan fingerprint density at radius 3 is 2.28 bits per heavy atom. The molecule has 18 heavy (non-hydrogen) atoms. The summed E-state index contributed by atoms with van der Waals surface area (Å²) in [6.07, 6.45) is 3.57. The van der Waals surface area contributed by atoms with Crippen LogP contribution in [0.4, 0.5) is 5.69 Å². The molecule has 0 spiro atoms. The first-order chi connectivity index (χ1) is 8.66. The van der Waals surface area contributed by atoms with Crippen molar-refractivity contribution in [3.63, 3.8) is 0 Å². The molecule has 0 saturated carbocycles. The maximum absolute atomic E-state index is 9.45. The minimum atomic E-state index is -0.112. The number of hydrogen-bond acceptors (Lipinski definition) is 3. The second kappa shape index (κ2) is 7.37. The van der Waals surface area contributed by atoms with Crippen LogP contribution >= 0.6 is 0 Å². The number of nitrogens with zero attached hydrogens (tertiary/aromatic N) is 2. The third kappa shape index (κ3) is 3.98. The van der Waals surface area contributed by atoms with Gasteiger partial charge in [-0.1, -0.05) is 27.7 Å². The summed E-state index contributed by atoms with van der Waals surface area (Å²) in [4.78, 5) is 6.76. The quantitative estimate of drug-likeness (QED) is 0.875. The van der Waals surface area contributed by atoms with Gasteiger partial charge in [0.25, 0.3) is 0 Å². The zero-order chi connectivity index (χ0) is 13.5. The summed E-state index contributed by atoms with van der Waals surface area (Å²) in [6, 6.07) is 4.24. The summed E-state index contributed by atoms with van der Waals surface area (Å²) in [7, 11) is 0. The van der Waals surface area contributed by atoms with Gasteiger partial charge in [0.1, 0.15) is 0 Å². The lowest BCUT2D eigenvalue weighted by molar-refractivity contribution is 0.145. The number of pyridine rings is 1. The van der Waals surface area contributed by atoms with Crippen molar-refractivity contribution in [2.24, 2.45) is 0 Å². The van der Waals surface area contributed by atoms with E-state index in [0.29, 0.717) is 5.92 Å². The van der Waals surface area contributed by atoms with Crippen molar-refractivity contribution in [3.05, 3.63) is 24.0 Å². The van der Waals surface area contributed by atoms with Crippen LogP contribution in [0.15, 0.2) is 18.3 Å². The van der Waals surface area contributed by atoms with Crippen molar-refractivity contribution >= 4 is 5.69 Å². The van der Waals surface area contributed by atoms with Gasteiger partial charge >= 0.3 is 0 Å². The zero-order valence-electron chi connectivity index (χ0n) is 12.1. The van der Waals surface area contributed by atoms with E-state index in [-0.39, 0.29) is 6.10 Å². The van der Waals surface area contributed by atoms with Crippen molar-refractivity contribution in [3.8, 4) is 0 Å². The van der Waals surface area contributed by atoms with E-state index in [1.54, 1.807) is 0 Å². The van der Waals surface area contributed by atoms with Crippen molar-refractivity contribution < 1.29 is 5.11 Å². The maximum atomic E-state index is 9.45. The third-order valence-corrected chi connectivity index (χ3v) is 3.19. The molecule has 1 N–H and O–H groups in total. The Hall–Kier alpha value is -1.09. The predicted octanol–water partition coefficient (Wildman–Crippen LogP) is 3.19. The minimum Gasteiger partial charge on any atom is -0.393 e. The Kier molecular flexibility index (Phi) is 6.13. The van der Waals surface area contributed by atoms with Crippen LogP contribution in [0.3, 0.4) is 0 Å². The topological polar surface area (TPSA) is 36.4 Å². The summed E-state index contributed by atoms with van der Waals surface area (Å²) in [5.74, 6) is 0.484. The Bertz CT molecular complexity index is 327. The van der Waals surface area contributed by atoms with Gasteiger partial charge < -0.3 is 10.0 Å². The molecule has 3 nitrogen and oxygen atoms in total. The molecule has 0 amide bonds. The fourth-order valence-corrected chi connectivity index (χ4v) is 2.05. The molecule has 1 fully saturated rings. The molecule has 2 rings (SSSR count). The smallest absolute Gasteiger partial charge is 0.0574 e. The normalized spacial score (nSPS) is 16.4. The van der Waals surface area contributed by atoms with Gasteiger partial charge in [-0.2, -0.15) is 0 Å². The van der Waals surface area contributed by atoms with Gasteiger partial charge in [0.05, 0.1) is 18.0 Å². The first-order valence-electron chi connectivity index (χ1n) is 7.06. The largest absolute Gasteiger partial charge is 0.393 e. The van der Waals surface area contributed by atoms with E-state index < -0.39 is 0 Å². The maximum Gasteiger partial charge on any atom is 0.0574 e. The van der Waals surface area contributed by atoms with E-state index >= 15 is 0 Å². The third-order valence-electron chi connectivity index (χ3n) is 3.19. The first-order valence-corrected chi connectivity index (χ1v) is 7.06. The average Bonchev–Trinajstić information content (AvgIpc) is 2.42. The highest BCUT2D eigenvalue weighted by atomic mass is 16.3. The lowest BCUT2D eigenvalue weighted by Crippen LogP contribution is -2.35. The number of hydrogen-bond donors (Lipinski definition) is 1. The Morgan fingerprint density at radius 1 is 1.22 bits per heavy atom. The SMILES string of the molecule is CC.CC(C)c1ccc(N2CCC(O)CC2)cn1. The summed E-state index contributed by atoms with van der Waals surface area (Å²) in [6.45, 7) is 10.2. The molecule has 0 aliphatic carbocycles. The zero-order valence-corrected chi connectivity index (χ0v) is 12.1. The van der Waals surface area contributed by atoms with Crippen LogP contribution in [0.5, 0.6) is 0 Å². The Balaban J connectivity index is 0.000000771. The van der Waals surface area contributed by atoms with E-state index in [2.05, 4.69) is 35.9 Å². The van der Waals surface area contributed by atoms with Crippen LogP contribution in [0.2, 0.25) is 0 Å². The first kappa shape index (κ1) is 15.0. The number of aliphatic hydroxyl groups excluding tert-OH is 1. The minimum absolute atomic E-state index is 0.112. The van der Waals surface area contributed by atoms with Crippen LogP contribution in [-0.2, 0) is 0 Å². The molecule has 1 aromatic heterocycles. The summed E-state index contributed by atoms with van der Waals surface area (Å²) < 4.78 is 0. The van der Waals surface area contributed by atoms with E-state index in [4.69, 9.17) is 0 Å². The van der Waals surface area contributed by atoms with E-state index in [9.17, 15) is 5.11 Å². The molecule has 0 unspecified atom stereocenters. The van der Waals surface area contributed by atoms with Crippen LogP contribution in [0, 0.1) is 0 Å². The molecular weight excluding hydrogens is 224 g/mol.